The molecular weight excluding hydrogens is 240 g/mol. The first kappa shape index (κ1) is 13.4. The van der Waals surface area contributed by atoms with Gasteiger partial charge < -0.3 is 9.64 Å². The number of nitrogens with zero attached hydrogens (tertiary/aromatic N) is 2. The van der Waals surface area contributed by atoms with Gasteiger partial charge in [0.2, 0.25) is 5.91 Å². The van der Waals surface area contributed by atoms with E-state index in [2.05, 4.69) is 6.07 Å². The van der Waals surface area contributed by atoms with E-state index in [1.54, 1.807) is 12.0 Å². The number of nitriles is 1. The van der Waals surface area contributed by atoms with Crippen molar-refractivity contribution in [3.63, 3.8) is 0 Å². The lowest BCUT2D eigenvalue weighted by Gasteiger charge is -2.18. The molecule has 4 nitrogen and oxygen atoms in total. The number of hydrogen-bond donors (Lipinski definition) is 0. The Morgan fingerprint density at radius 1 is 1.42 bits per heavy atom. The van der Waals surface area contributed by atoms with Gasteiger partial charge in [-0.1, -0.05) is 12.1 Å². The van der Waals surface area contributed by atoms with E-state index in [1.807, 2.05) is 24.3 Å². The fourth-order valence-electron chi connectivity index (χ4n) is 2.07. The Morgan fingerprint density at radius 2 is 2.11 bits per heavy atom. The molecule has 0 radical (unpaired) electrons. The molecule has 0 heterocycles. The van der Waals surface area contributed by atoms with Crippen molar-refractivity contribution in [3.8, 4) is 11.8 Å². The molecule has 0 atom stereocenters. The van der Waals surface area contributed by atoms with Gasteiger partial charge in [0, 0.05) is 12.5 Å². The number of rotatable bonds is 6. The highest BCUT2D eigenvalue weighted by molar-refractivity contribution is 5.77. The van der Waals surface area contributed by atoms with Crippen molar-refractivity contribution in [3.05, 3.63) is 29.8 Å². The lowest BCUT2D eigenvalue weighted by Crippen LogP contribution is -2.33. The largest absolute Gasteiger partial charge is 0.497 e. The van der Waals surface area contributed by atoms with Crippen molar-refractivity contribution >= 4 is 5.91 Å². The molecule has 1 aliphatic rings. The minimum absolute atomic E-state index is 0.0832. The van der Waals surface area contributed by atoms with Crippen LogP contribution in [0.5, 0.6) is 5.75 Å². The molecule has 1 amide bonds. The zero-order valence-electron chi connectivity index (χ0n) is 11.1. The number of carbonyl (C=O) groups is 1. The van der Waals surface area contributed by atoms with Crippen molar-refractivity contribution in [2.24, 2.45) is 0 Å². The average Bonchev–Trinajstić information content (AvgIpc) is 3.27. The second-order valence-electron chi connectivity index (χ2n) is 4.76. The number of amides is 1. The fourth-order valence-corrected chi connectivity index (χ4v) is 2.07. The Balaban J connectivity index is 1.86. The van der Waals surface area contributed by atoms with Gasteiger partial charge in [-0.2, -0.15) is 5.26 Å². The van der Waals surface area contributed by atoms with Crippen LogP contribution in [0.25, 0.3) is 0 Å². The molecule has 2 rings (SSSR count). The quantitative estimate of drug-likeness (QED) is 0.735. The number of carbonyl (C=O) groups excluding carboxylic acids is 1. The van der Waals surface area contributed by atoms with Gasteiger partial charge in [0.25, 0.3) is 0 Å². The van der Waals surface area contributed by atoms with Crippen LogP contribution in [0.15, 0.2) is 24.3 Å². The van der Waals surface area contributed by atoms with Crippen LogP contribution in [0.4, 0.5) is 0 Å². The molecule has 1 aromatic carbocycles. The van der Waals surface area contributed by atoms with E-state index in [1.165, 1.54) is 0 Å². The first-order valence-corrected chi connectivity index (χ1v) is 6.54. The SMILES string of the molecule is COc1ccc(CCC(=O)N(CC#N)C2CC2)cc1. The van der Waals surface area contributed by atoms with E-state index < -0.39 is 0 Å². The first-order valence-electron chi connectivity index (χ1n) is 6.54. The van der Waals surface area contributed by atoms with Gasteiger partial charge in [-0.3, -0.25) is 4.79 Å². The molecule has 0 aliphatic heterocycles. The molecule has 1 fully saturated rings. The van der Waals surface area contributed by atoms with Crippen LogP contribution in [0.2, 0.25) is 0 Å². The van der Waals surface area contributed by atoms with Crippen LogP contribution in [-0.4, -0.2) is 30.5 Å². The smallest absolute Gasteiger partial charge is 0.224 e. The van der Waals surface area contributed by atoms with E-state index in [0.29, 0.717) is 18.9 Å². The van der Waals surface area contributed by atoms with Gasteiger partial charge in [0.15, 0.2) is 0 Å². The summed E-state index contributed by atoms with van der Waals surface area (Å²) in [6.45, 7) is 0.214. The minimum atomic E-state index is 0.0832. The van der Waals surface area contributed by atoms with Crippen molar-refractivity contribution < 1.29 is 9.53 Å². The second kappa shape index (κ2) is 6.24. The molecule has 0 bridgehead atoms. The molecule has 100 valence electrons. The van der Waals surface area contributed by atoms with Gasteiger partial charge in [0.05, 0.1) is 13.2 Å². The van der Waals surface area contributed by atoms with Gasteiger partial charge in [0.1, 0.15) is 12.3 Å². The summed E-state index contributed by atoms with van der Waals surface area (Å²) in [6, 6.07) is 10.1. The third kappa shape index (κ3) is 3.72. The molecule has 0 unspecified atom stereocenters. The summed E-state index contributed by atoms with van der Waals surface area (Å²) in [5.74, 6) is 0.902. The molecular formula is C15H18N2O2. The summed E-state index contributed by atoms with van der Waals surface area (Å²) in [6.07, 6.45) is 3.24. The van der Waals surface area contributed by atoms with E-state index in [-0.39, 0.29) is 12.5 Å². The molecule has 0 spiro atoms. The Labute approximate surface area is 113 Å². The summed E-state index contributed by atoms with van der Waals surface area (Å²) in [4.78, 5) is 13.8. The van der Waals surface area contributed by atoms with Gasteiger partial charge in [-0.05, 0) is 37.0 Å². The van der Waals surface area contributed by atoms with Crippen LogP contribution >= 0.6 is 0 Å². The van der Waals surface area contributed by atoms with Crippen LogP contribution in [-0.2, 0) is 11.2 Å². The maximum absolute atomic E-state index is 12.1. The Morgan fingerprint density at radius 3 is 2.63 bits per heavy atom. The maximum atomic E-state index is 12.1. The summed E-state index contributed by atoms with van der Waals surface area (Å²) >= 11 is 0. The maximum Gasteiger partial charge on any atom is 0.224 e. The van der Waals surface area contributed by atoms with Crippen LogP contribution < -0.4 is 4.74 Å². The third-order valence-electron chi connectivity index (χ3n) is 3.34. The average molecular weight is 258 g/mol. The van der Waals surface area contributed by atoms with Gasteiger partial charge in [-0.25, -0.2) is 0 Å². The van der Waals surface area contributed by atoms with Gasteiger partial charge in [-0.15, -0.1) is 0 Å². The van der Waals surface area contributed by atoms with E-state index in [0.717, 1.165) is 24.2 Å². The number of hydrogen-bond acceptors (Lipinski definition) is 3. The van der Waals surface area contributed by atoms with Crippen molar-refractivity contribution in [2.75, 3.05) is 13.7 Å². The molecule has 0 saturated heterocycles. The predicted octanol–water partition coefficient (Wildman–Crippen LogP) is 2.14. The molecule has 1 saturated carbocycles. The van der Waals surface area contributed by atoms with E-state index >= 15 is 0 Å². The lowest BCUT2D eigenvalue weighted by atomic mass is 10.1. The zero-order valence-corrected chi connectivity index (χ0v) is 11.1. The topological polar surface area (TPSA) is 53.3 Å². The van der Waals surface area contributed by atoms with Gasteiger partial charge >= 0.3 is 0 Å². The Hall–Kier alpha value is -2.02. The number of aryl methyl sites for hydroxylation is 1. The standard InChI is InChI=1S/C15H18N2O2/c1-19-14-7-2-12(3-8-14)4-9-15(18)17(11-10-16)13-5-6-13/h2-3,7-8,13H,4-6,9,11H2,1H3. The number of benzene rings is 1. The molecule has 1 aromatic rings. The van der Waals surface area contributed by atoms with Crippen molar-refractivity contribution in [1.82, 2.24) is 4.90 Å². The normalized spacial score (nSPS) is 13.7. The van der Waals surface area contributed by atoms with E-state index in [9.17, 15) is 4.79 Å². The van der Waals surface area contributed by atoms with Crippen molar-refractivity contribution in [2.45, 2.75) is 31.7 Å². The summed E-state index contributed by atoms with van der Waals surface area (Å²) < 4.78 is 5.09. The van der Waals surface area contributed by atoms with E-state index in [4.69, 9.17) is 10.00 Å². The first-order chi connectivity index (χ1) is 9.24. The highest BCUT2D eigenvalue weighted by Gasteiger charge is 2.31. The van der Waals surface area contributed by atoms with Crippen LogP contribution in [0.3, 0.4) is 0 Å². The molecule has 4 heteroatoms. The third-order valence-corrected chi connectivity index (χ3v) is 3.34. The zero-order chi connectivity index (χ0) is 13.7. The highest BCUT2D eigenvalue weighted by Crippen LogP contribution is 2.27. The monoisotopic (exact) mass is 258 g/mol. The molecule has 0 N–H and O–H groups in total. The summed E-state index contributed by atoms with van der Waals surface area (Å²) in [5.41, 5.74) is 1.11. The lowest BCUT2D eigenvalue weighted by molar-refractivity contribution is -0.131. The molecule has 1 aliphatic carbocycles. The fraction of sp³-hybridized carbons (Fsp3) is 0.467. The Kier molecular flexibility index (Phi) is 4.40. The highest BCUT2D eigenvalue weighted by atomic mass is 16.5. The summed E-state index contributed by atoms with van der Waals surface area (Å²) in [7, 11) is 1.63. The summed E-state index contributed by atoms with van der Waals surface area (Å²) in [5, 5.41) is 8.75. The van der Waals surface area contributed by atoms with Crippen LogP contribution in [0, 0.1) is 11.3 Å². The molecule has 0 aromatic heterocycles. The van der Waals surface area contributed by atoms with Crippen molar-refractivity contribution in [1.29, 1.82) is 5.26 Å². The predicted molar refractivity (Wildman–Crippen MR) is 71.7 cm³/mol. The Bertz CT molecular complexity index is 472. The molecule has 19 heavy (non-hydrogen) atoms. The number of methoxy groups -OCH3 is 1. The second-order valence-corrected chi connectivity index (χ2v) is 4.76. The number of ether oxygens (including phenoxy) is 1. The minimum Gasteiger partial charge on any atom is -0.497 e. The van der Waals surface area contributed by atoms with Crippen LogP contribution in [0.1, 0.15) is 24.8 Å².